The number of nitrogens with zero attached hydrogens (tertiary/aromatic N) is 1. The highest BCUT2D eigenvalue weighted by Crippen LogP contribution is 2.16. The standard InChI is InChI=1S/C13H18FNO3/c14-12-3-1-2-4-13(12)18-10-11-9-15(5-7-16)6-8-17-11/h1-4,11,16H,5-10H2/t11-/m0/s1. The summed E-state index contributed by atoms with van der Waals surface area (Å²) < 4.78 is 24.3. The van der Waals surface area contributed by atoms with Crippen molar-refractivity contribution in [1.82, 2.24) is 4.90 Å². The van der Waals surface area contributed by atoms with Crippen molar-refractivity contribution in [2.24, 2.45) is 0 Å². The van der Waals surface area contributed by atoms with E-state index in [9.17, 15) is 4.39 Å². The SMILES string of the molecule is OCCN1CCO[C@H](COc2ccccc2F)C1. The number of hydrogen-bond acceptors (Lipinski definition) is 4. The summed E-state index contributed by atoms with van der Waals surface area (Å²) >= 11 is 0. The average Bonchev–Trinajstić information content (AvgIpc) is 2.39. The first-order chi connectivity index (χ1) is 8.79. The Bertz CT molecular complexity index is 373. The molecule has 0 bridgehead atoms. The predicted octanol–water partition coefficient (Wildman–Crippen LogP) is 0.898. The summed E-state index contributed by atoms with van der Waals surface area (Å²) in [4.78, 5) is 2.11. The van der Waals surface area contributed by atoms with Crippen LogP contribution in [0.15, 0.2) is 24.3 Å². The zero-order valence-electron chi connectivity index (χ0n) is 10.2. The number of benzene rings is 1. The van der Waals surface area contributed by atoms with E-state index in [1.165, 1.54) is 6.07 Å². The molecule has 1 aromatic carbocycles. The number of morpholine rings is 1. The molecule has 5 heteroatoms. The highest BCUT2D eigenvalue weighted by atomic mass is 19.1. The van der Waals surface area contributed by atoms with Crippen molar-refractivity contribution in [3.05, 3.63) is 30.1 Å². The van der Waals surface area contributed by atoms with Crippen LogP contribution in [0.4, 0.5) is 4.39 Å². The first-order valence-corrected chi connectivity index (χ1v) is 6.11. The van der Waals surface area contributed by atoms with Gasteiger partial charge in [-0.25, -0.2) is 4.39 Å². The third-order valence-electron chi connectivity index (χ3n) is 2.90. The lowest BCUT2D eigenvalue weighted by Gasteiger charge is -2.32. The minimum absolute atomic E-state index is 0.0788. The maximum atomic E-state index is 13.3. The van der Waals surface area contributed by atoms with E-state index in [1.54, 1.807) is 18.2 Å². The van der Waals surface area contributed by atoms with Crippen LogP contribution in [0.25, 0.3) is 0 Å². The van der Waals surface area contributed by atoms with Crippen LogP contribution in [0.3, 0.4) is 0 Å². The first-order valence-electron chi connectivity index (χ1n) is 6.11. The lowest BCUT2D eigenvalue weighted by molar-refractivity contribution is -0.0512. The van der Waals surface area contributed by atoms with Gasteiger partial charge in [0.2, 0.25) is 0 Å². The van der Waals surface area contributed by atoms with E-state index >= 15 is 0 Å². The Labute approximate surface area is 106 Å². The minimum atomic E-state index is -0.361. The average molecular weight is 255 g/mol. The van der Waals surface area contributed by atoms with Gasteiger partial charge < -0.3 is 14.6 Å². The molecule has 0 amide bonds. The van der Waals surface area contributed by atoms with Crippen LogP contribution in [-0.2, 0) is 4.74 Å². The van der Waals surface area contributed by atoms with Crippen molar-refractivity contribution in [3.8, 4) is 5.75 Å². The van der Waals surface area contributed by atoms with E-state index in [2.05, 4.69) is 4.90 Å². The molecule has 1 aliphatic rings. The fraction of sp³-hybridized carbons (Fsp3) is 0.538. The molecule has 1 fully saturated rings. The summed E-state index contributed by atoms with van der Waals surface area (Å²) in [6.07, 6.45) is -0.0788. The van der Waals surface area contributed by atoms with E-state index in [1.807, 2.05) is 0 Å². The maximum Gasteiger partial charge on any atom is 0.165 e. The molecule has 0 aliphatic carbocycles. The van der Waals surface area contributed by atoms with Gasteiger partial charge in [0.1, 0.15) is 12.7 Å². The van der Waals surface area contributed by atoms with Crippen LogP contribution in [0.5, 0.6) is 5.75 Å². The van der Waals surface area contributed by atoms with Gasteiger partial charge in [0.25, 0.3) is 0 Å². The molecule has 100 valence electrons. The number of hydrogen-bond donors (Lipinski definition) is 1. The van der Waals surface area contributed by atoms with Gasteiger partial charge in [-0.05, 0) is 12.1 Å². The number of aliphatic hydroxyl groups is 1. The van der Waals surface area contributed by atoms with E-state index in [4.69, 9.17) is 14.6 Å². The van der Waals surface area contributed by atoms with Crippen LogP contribution < -0.4 is 4.74 Å². The molecule has 1 atom stereocenters. The third-order valence-corrected chi connectivity index (χ3v) is 2.90. The number of β-amino-alcohol motifs (C(OH)–C–C–N with tert-alkyl or cyclic N) is 1. The van der Waals surface area contributed by atoms with E-state index < -0.39 is 0 Å². The lowest BCUT2D eigenvalue weighted by Crippen LogP contribution is -2.45. The molecular formula is C13H18FNO3. The van der Waals surface area contributed by atoms with Crippen LogP contribution in [-0.4, -0.2) is 55.6 Å². The number of rotatable bonds is 5. The molecule has 1 saturated heterocycles. The Balaban J connectivity index is 1.81. The van der Waals surface area contributed by atoms with Crippen molar-refractivity contribution in [2.45, 2.75) is 6.10 Å². The van der Waals surface area contributed by atoms with Crippen LogP contribution in [0, 0.1) is 5.82 Å². The molecule has 0 saturated carbocycles. The number of para-hydroxylation sites is 1. The normalized spacial score (nSPS) is 20.9. The largest absolute Gasteiger partial charge is 0.488 e. The molecule has 4 nitrogen and oxygen atoms in total. The summed E-state index contributed by atoms with van der Waals surface area (Å²) in [5.41, 5.74) is 0. The second-order valence-electron chi connectivity index (χ2n) is 4.26. The lowest BCUT2D eigenvalue weighted by atomic mass is 10.3. The van der Waals surface area contributed by atoms with Gasteiger partial charge in [-0.2, -0.15) is 0 Å². The van der Waals surface area contributed by atoms with Crippen molar-refractivity contribution in [1.29, 1.82) is 0 Å². The second kappa shape index (κ2) is 6.68. The Kier molecular flexibility index (Phi) is 4.92. The van der Waals surface area contributed by atoms with Gasteiger partial charge >= 0.3 is 0 Å². The van der Waals surface area contributed by atoms with Crippen LogP contribution in [0.2, 0.25) is 0 Å². The summed E-state index contributed by atoms with van der Waals surface area (Å²) in [6.45, 7) is 3.24. The van der Waals surface area contributed by atoms with Crippen molar-refractivity contribution in [3.63, 3.8) is 0 Å². The van der Waals surface area contributed by atoms with Crippen molar-refractivity contribution >= 4 is 0 Å². The van der Waals surface area contributed by atoms with Gasteiger partial charge in [0.05, 0.1) is 13.2 Å². The Hall–Kier alpha value is -1.17. The van der Waals surface area contributed by atoms with Gasteiger partial charge in [-0.1, -0.05) is 12.1 Å². The van der Waals surface area contributed by atoms with Crippen molar-refractivity contribution in [2.75, 3.05) is 39.5 Å². The molecule has 0 aromatic heterocycles. The molecule has 18 heavy (non-hydrogen) atoms. The zero-order chi connectivity index (χ0) is 12.8. The second-order valence-corrected chi connectivity index (χ2v) is 4.26. The zero-order valence-corrected chi connectivity index (χ0v) is 10.2. The molecule has 0 spiro atoms. The fourth-order valence-electron chi connectivity index (χ4n) is 1.97. The molecule has 1 aromatic rings. The smallest absolute Gasteiger partial charge is 0.165 e. The molecule has 0 radical (unpaired) electrons. The first kappa shape index (κ1) is 13.3. The Morgan fingerprint density at radius 1 is 1.44 bits per heavy atom. The number of halogens is 1. The van der Waals surface area contributed by atoms with E-state index in [0.29, 0.717) is 26.3 Å². The summed E-state index contributed by atoms with van der Waals surface area (Å²) in [7, 11) is 0. The predicted molar refractivity (Wildman–Crippen MR) is 65.2 cm³/mol. The molecule has 1 aliphatic heterocycles. The fourth-order valence-corrected chi connectivity index (χ4v) is 1.97. The topological polar surface area (TPSA) is 41.9 Å². The van der Waals surface area contributed by atoms with Gasteiger partial charge in [-0.15, -0.1) is 0 Å². The van der Waals surface area contributed by atoms with Gasteiger partial charge in [-0.3, -0.25) is 4.90 Å². The summed E-state index contributed by atoms with van der Waals surface area (Å²) in [6, 6.07) is 6.33. The minimum Gasteiger partial charge on any atom is -0.488 e. The van der Waals surface area contributed by atoms with Gasteiger partial charge in [0.15, 0.2) is 11.6 Å². The molecule has 1 heterocycles. The summed E-state index contributed by atoms with van der Waals surface area (Å²) in [5.74, 6) is -0.110. The number of ether oxygens (including phenoxy) is 2. The molecule has 1 N–H and O–H groups in total. The monoisotopic (exact) mass is 255 g/mol. The van der Waals surface area contributed by atoms with Crippen LogP contribution in [0.1, 0.15) is 0 Å². The highest BCUT2D eigenvalue weighted by molar-refractivity contribution is 5.23. The maximum absolute atomic E-state index is 13.3. The number of aliphatic hydroxyl groups excluding tert-OH is 1. The molecule has 2 rings (SSSR count). The van der Waals surface area contributed by atoms with E-state index in [0.717, 1.165) is 6.54 Å². The quantitative estimate of drug-likeness (QED) is 0.848. The third kappa shape index (κ3) is 3.66. The Morgan fingerprint density at radius 3 is 3.06 bits per heavy atom. The summed E-state index contributed by atoms with van der Waals surface area (Å²) in [5, 5.41) is 8.89. The van der Waals surface area contributed by atoms with Gasteiger partial charge in [0, 0.05) is 19.6 Å². The molecule has 0 unspecified atom stereocenters. The highest BCUT2D eigenvalue weighted by Gasteiger charge is 2.20. The van der Waals surface area contributed by atoms with Crippen LogP contribution >= 0.6 is 0 Å². The van der Waals surface area contributed by atoms with E-state index in [-0.39, 0.29) is 24.3 Å². The van der Waals surface area contributed by atoms with Crippen molar-refractivity contribution < 1.29 is 19.0 Å². The Morgan fingerprint density at radius 2 is 2.28 bits per heavy atom. The molecular weight excluding hydrogens is 237 g/mol.